The zero-order valence-electron chi connectivity index (χ0n) is 31.6. The minimum atomic E-state index is 0.827. The first-order valence-corrected chi connectivity index (χ1v) is 20.2. The van der Waals surface area contributed by atoms with Crippen molar-refractivity contribution < 1.29 is 0 Å². The van der Waals surface area contributed by atoms with E-state index in [1.54, 1.807) is 0 Å². The van der Waals surface area contributed by atoms with Gasteiger partial charge in [0.2, 0.25) is 0 Å². The van der Waals surface area contributed by atoms with Crippen LogP contribution < -0.4 is 5.32 Å². The number of pyridine rings is 1. The van der Waals surface area contributed by atoms with E-state index in [1.807, 2.05) is 6.20 Å². The molecule has 0 fully saturated rings. The molecule has 0 spiro atoms. The Morgan fingerprint density at radius 3 is 1.47 bits per heavy atom. The van der Waals surface area contributed by atoms with Crippen LogP contribution in [0.5, 0.6) is 0 Å². The highest BCUT2D eigenvalue weighted by molar-refractivity contribution is 6.20. The zero-order chi connectivity index (χ0) is 37.9. The molecule has 10 aromatic rings. The lowest BCUT2D eigenvalue weighted by molar-refractivity contribution is 1.30. The van der Waals surface area contributed by atoms with Gasteiger partial charge < -0.3 is 5.32 Å². The maximum absolute atomic E-state index is 4.96. The number of hydrogen-bond donors (Lipinski definition) is 1. The SMILES string of the molecule is C1=Cc2ccc3cc(-c4ccc(-c5cc(-c6ccc7c8c(cccc68)-c6ccccc6-7)cc(-c6ccc7c8c(cccc68)-c6ccccc6-7)c5)cc4)cnc3c2NC1. The highest BCUT2D eigenvalue weighted by Gasteiger charge is 2.25. The van der Waals surface area contributed by atoms with Crippen molar-refractivity contribution in [3.8, 4) is 89.0 Å². The Bertz CT molecular complexity index is 3230. The summed E-state index contributed by atoms with van der Waals surface area (Å²) >= 11 is 0. The van der Waals surface area contributed by atoms with Crippen LogP contribution in [-0.2, 0) is 0 Å². The van der Waals surface area contributed by atoms with Crippen LogP contribution in [0.2, 0.25) is 0 Å². The topological polar surface area (TPSA) is 24.9 Å². The summed E-state index contributed by atoms with van der Waals surface area (Å²) in [6, 6.07) is 63.5. The van der Waals surface area contributed by atoms with E-state index in [2.05, 4.69) is 187 Å². The van der Waals surface area contributed by atoms with Gasteiger partial charge >= 0.3 is 0 Å². The van der Waals surface area contributed by atoms with E-state index in [4.69, 9.17) is 4.98 Å². The summed E-state index contributed by atoms with van der Waals surface area (Å²) in [4.78, 5) is 4.96. The van der Waals surface area contributed by atoms with Crippen molar-refractivity contribution in [2.24, 2.45) is 0 Å². The normalized spacial score (nSPS) is 12.8. The van der Waals surface area contributed by atoms with Crippen molar-refractivity contribution in [1.82, 2.24) is 4.98 Å². The second kappa shape index (κ2) is 12.0. The van der Waals surface area contributed by atoms with Crippen LogP contribution in [-0.4, -0.2) is 11.5 Å². The van der Waals surface area contributed by atoms with Gasteiger partial charge in [-0.3, -0.25) is 4.98 Å². The summed E-state index contributed by atoms with van der Waals surface area (Å²) in [6.07, 6.45) is 6.34. The van der Waals surface area contributed by atoms with Crippen LogP contribution in [0.4, 0.5) is 5.69 Å². The third-order valence-electron chi connectivity index (χ3n) is 12.8. The lowest BCUT2D eigenvalue weighted by Gasteiger charge is -2.16. The fourth-order valence-electron chi connectivity index (χ4n) is 10.1. The summed E-state index contributed by atoms with van der Waals surface area (Å²) < 4.78 is 0. The summed E-state index contributed by atoms with van der Waals surface area (Å²) in [7, 11) is 0. The Morgan fingerprint density at radius 1 is 0.379 bits per heavy atom. The molecule has 9 aromatic carbocycles. The van der Waals surface area contributed by atoms with Gasteiger partial charge in [0.05, 0.1) is 11.2 Å². The molecule has 58 heavy (non-hydrogen) atoms. The molecule has 1 aliphatic heterocycles. The van der Waals surface area contributed by atoms with Gasteiger partial charge in [-0.25, -0.2) is 0 Å². The first kappa shape index (κ1) is 31.6. The van der Waals surface area contributed by atoms with Gasteiger partial charge in [0, 0.05) is 23.7 Å². The average Bonchev–Trinajstić information content (AvgIpc) is 3.80. The molecule has 0 amide bonds. The van der Waals surface area contributed by atoms with E-state index in [0.717, 1.165) is 34.3 Å². The fraction of sp³-hybridized carbons (Fsp3) is 0.0179. The largest absolute Gasteiger partial charge is 0.379 e. The summed E-state index contributed by atoms with van der Waals surface area (Å²) in [5, 5.41) is 9.93. The first-order valence-electron chi connectivity index (χ1n) is 20.2. The van der Waals surface area contributed by atoms with Gasteiger partial charge in [0.1, 0.15) is 0 Å². The van der Waals surface area contributed by atoms with E-state index >= 15 is 0 Å². The van der Waals surface area contributed by atoms with E-state index in [9.17, 15) is 0 Å². The lowest BCUT2D eigenvalue weighted by Crippen LogP contribution is -2.05. The summed E-state index contributed by atoms with van der Waals surface area (Å²) in [6.45, 7) is 0.827. The molecule has 0 radical (unpaired) electrons. The van der Waals surface area contributed by atoms with Crippen molar-refractivity contribution in [2.75, 3.05) is 11.9 Å². The van der Waals surface area contributed by atoms with Crippen LogP contribution >= 0.6 is 0 Å². The van der Waals surface area contributed by atoms with Gasteiger partial charge in [-0.2, -0.15) is 0 Å². The maximum atomic E-state index is 4.96. The molecule has 0 bridgehead atoms. The predicted molar refractivity (Wildman–Crippen MR) is 245 cm³/mol. The highest BCUT2D eigenvalue weighted by atomic mass is 14.9. The Morgan fingerprint density at radius 2 is 0.879 bits per heavy atom. The van der Waals surface area contributed by atoms with Gasteiger partial charge in [-0.15, -0.1) is 0 Å². The third-order valence-corrected chi connectivity index (χ3v) is 12.8. The smallest absolute Gasteiger partial charge is 0.0939 e. The molecule has 0 saturated heterocycles. The van der Waals surface area contributed by atoms with Crippen LogP contribution in [0, 0.1) is 0 Å². The Balaban J connectivity index is 0.983. The molecule has 2 nitrogen and oxygen atoms in total. The summed E-state index contributed by atoms with van der Waals surface area (Å²) in [5.41, 5.74) is 23.5. The highest BCUT2D eigenvalue weighted by Crippen LogP contribution is 2.52. The molecule has 2 heterocycles. The number of aromatic nitrogens is 1. The number of hydrogen-bond acceptors (Lipinski definition) is 2. The van der Waals surface area contributed by atoms with E-state index in [1.165, 1.54) is 105 Å². The monoisotopic (exact) mass is 734 g/mol. The van der Waals surface area contributed by atoms with Gasteiger partial charge in [-0.05, 0) is 135 Å². The number of anilines is 1. The molecule has 0 unspecified atom stereocenters. The molecule has 2 heteroatoms. The minimum Gasteiger partial charge on any atom is -0.379 e. The molecular weight excluding hydrogens is 701 g/mol. The van der Waals surface area contributed by atoms with Crippen molar-refractivity contribution in [1.29, 1.82) is 0 Å². The average molecular weight is 735 g/mol. The molecule has 2 aliphatic carbocycles. The summed E-state index contributed by atoms with van der Waals surface area (Å²) in [5.74, 6) is 0. The molecule has 268 valence electrons. The van der Waals surface area contributed by atoms with Crippen molar-refractivity contribution in [3.63, 3.8) is 0 Å². The third kappa shape index (κ3) is 4.51. The standard InChI is InChI=1S/C56H34N2/c1-3-11-45-43(9-1)49-15-5-13-47-41(23-25-51(45)53(47)49)38-29-37(30-39(31-38)42-24-26-52-46-12-4-2-10-44(46)50-16-6-14-48(42)54(50)52)33-17-19-34(20-18-33)40-28-36-22-21-35-8-7-27-57-55(35)56(36)58-32-40/h1-26,28-32,57H,27H2. The Labute approximate surface area is 336 Å². The molecule has 1 N–H and O–H groups in total. The zero-order valence-corrected chi connectivity index (χ0v) is 31.6. The number of rotatable bonds is 4. The number of nitrogens with one attached hydrogen (secondary N) is 1. The van der Waals surface area contributed by atoms with E-state index < -0.39 is 0 Å². The predicted octanol–water partition coefficient (Wildman–Crippen LogP) is 14.9. The Kier molecular flexibility index (Phi) is 6.53. The van der Waals surface area contributed by atoms with Gasteiger partial charge in [0.15, 0.2) is 0 Å². The maximum Gasteiger partial charge on any atom is 0.0939 e. The van der Waals surface area contributed by atoms with Gasteiger partial charge in [-0.1, -0.05) is 158 Å². The van der Waals surface area contributed by atoms with Crippen molar-refractivity contribution in [2.45, 2.75) is 0 Å². The number of nitrogens with zero attached hydrogens (tertiary/aromatic N) is 1. The van der Waals surface area contributed by atoms with Crippen molar-refractivity contribution >= 4 is 44.2 Å². The minimum absolute atomic E-state index is 0.827. The second-order valence-electron chi connectivity index (χ2n) is 15.9. The molecule has 13 rings (SSSR count). The quantitative estimate of drug-likeness (QED) is 0.195. The first-order chi connectivity index (χ1) is 28.7. The number of fused-ring (bicyclic) bond motifs is 9. The second-order valence-corrected chi connectivity index (χ2v) is 15.9. The van der Waals surface area contributed by atoms with Crippen LogP contribution in [0.3, 0.4) is 0 Å². The molecular formula is C56H34N2. The van der Waals surface area contributed by atoms with Crippen LogP contribution in [0.15, 0.2) is 182 Å². The van der Waals surface area contributed by atoms with Crippen molar-refractivity contribution in [3.05, 3.63) is 188 Å². The van der Waals surface area contributed by atoms with E-state index in [-0.39, 0.29) is 0 Å². The Hall–Kier alpha value is -7.55. The molecule has 0 atom stereocenters. The fourth-order valence-corrected chi connectivity index (χ4v) is 10.1. The lowest BCUT2D eigenvalue weighted by atomic mass is 9.88. The van der Waals surface area contributed by atoms with Crippen LogP contribution in [0.1, 0.15) is 5.56 Å². The molecule has 0 saturated carbocycles. The van der Waals surface area contributed by atoms with Crippen LogP contribution in [0.25, 0.3) is 128 Å². The molecule has 3 aliphatic rings. The number of benzene rings is 9. The van der Waals surface area contributed by atoms with Gasteiger partial charge in [0.25, 0.3) is 0 Å². The molecule has 1 aromatic heterocycles. The van der Waals surface area contributed by atoms with E-state index in [0.29, 0.717) is 0 Å².